The average molecular weight is 317 g/mol. The van der Waals surface area contributed by atoms with E-state index in [0.29, 0.717) is 16.6 Å². The Morgan fingerprint density at radius 3 is 2.85 bits per heavy atom. The second-order valence-corrected chi connectivity index (χ2v) is 5.58. The Labute approximate surface area is 124 Å². The van der Waals surface area contributed by atoms with E-state index in [1.54, 1.807) is 12.3 Å². The number of imide groups is 1. The minimum atomic E-state index is -0.544. The first-order chi connectivity index (χ1) is 9.55. The monoisotopic (exact) mass is 317 g/mol. The fraction of sp³-hybridized carbons (Fsp3) is 0.455. The number of nitrogens with one attached hydrogen (secondary N) is 2. The highest BCUT2D eigenvalue weighted by atomic mass is 32.2. The van der Waals surface area contributed by atoms with Gasteiger partial charge in [-0.3, -0.25) is 14.9 Å². The molecule has 7 nitrogen and oxygen atoms in total. The number of ether oxygens (including phenoxy) is 1. The van der Waals surface area contributed by atoms with Crippen molar-refractivity contribution in [2.24, 2.45) is 0 Å². The minimum absolute atomic E-state index is 0.0831. The molecule has 1 aromatic rings. The summed E-state index contributed by atoms with van der Waals surface area (Å²) in [6.07, 6.45) is 0.120. The highest BCUT2D eigenvalue weighted by Gasteiger charge is 2.11. The summed E-state index contributed by atoms with van der Waals surface area (Å²) < 4.78 is 5.48. The van der Waals surface area contributed by atoms with Crippen molar-refractivity contribution in [3.63, 3.8) is 0 Å². The van der Waals surface area contributed by atoms with Gasteiger partial charge in [-0.1, -0.05) is 11.8 Å². The molecule has 1 heterocycles. The van der Waals surface area contributed by atoms with Crippen molar-refractivity contribution in [3.05, 3.63) is 11.1 Å². The topological polar surface area (TPSA) is 97.4 Å². The maximum atomic E-state index is 11.4. The first-order valence-corrected chi connectivity index (χ1v) is 7.66. The van der Waals surface area contributed by atoms with Gasteiger partial charge in [0.2, 0.25) is 5.91 Å². The van der Waals surface area contributed by atoms with Gasteiger partial charge in [0.15, 0.2) is 4.34 Å². The molecule has 0 fully saturated rings. The minimum Gasteiger partial charge on any atom is -0.466 e. The molecular formula is C11H15N3O4S2. The van der Waals surface area contributed by atoms with Crippen LogP contribution in [0, 0.1) is 0 Å². The van der Waals surface area contributed by atoms with E-state index in [0.717, 1.165) is 0 Å². The summed E-state index contributed by atoms with van der Waals surface area (Å²) in [4.78, 5) is 37.7. The standard InChI is InChI=1S/C11H15N3O4S2/c1-3-18-9(16)4-7-5-19-11(13-7)20-6-8(15)14-10(17)12-2/h5H,3-4,6H2,1-2H3,(H2,12,14,15,17). The van der Waals surface area contributed by atoms with Crippen LogP contribution in [0.25, 0.3) is 0 Å². The molecule has 0 aliphatic carbocycles. The predicted molar refractivity (Wildman–Crippen MR) is 75.8 cm³/mol. The normalized spacial score (nSPS) is 9.90. The van der Waals surface area contributed by atoms with E-state index in [2.05, 4.69) is 15.6 Å². The van der Waals surface area contributed by atoms with Crippen molar-refractivity contribution in [1.82, 2.24) is 15.6 Å². The van der Waals surface area contributed by atoms with E-state index < -0.39 is 11.9 Å². The van der Waals surface area contributed by atoms with Crippen molar-refractivity contribution in [2.45, 2.75) is 17.7 Å². The number of thioether (sulfide) groups is 1. The third-order valence-electron chi connectivity index (χ3n) is 1.97. The number of rotatable bonds is 6. The van der Waals surface area contributed by atoms with Crippen LogP contribution in [-0.2, 0) is 20.7 Å². The Hall–Kier alpha value is -1.61. The number of hydrogen-bond donors (Lipinski definition) is 2. The Kier molecular flexibility index (Phi) is 7.02. The summed E-state index contributed by atoms with van der Waals surface area (Å²) in [5, 5.41) is 6.18. The van der Waals surface area contributed by atoms with E-state index in [1.165, 1.54) is 30.1 Å². The van der Waals surface area contributed by atoms with Gasteiger partial charge in [-0.05, 0) is 6.92 Å². The lowest BCUT2D eigenvalue weighted by molar-refractivity contribution is -0.142. The molecule has 0 saturated heterocycles. The average Bonchev–Trinajstić information content (AvgIpc) is 2.84. The number of aromatic nitrogens is 1. The van der Waals surface area contributed by atoms with Crippen LogP contribution in [0.5, 0.6) is 0 Å². The van der Waals surface area contributed by atoms with Gasteiger partial charge in [0, 0.05) is 12.4 Å². The molecule has 0 saturated carbocycles. The van der Waals surface area contributed by atoms with Gasteiger partial charge in [0.25, 0.3) is 0 Å². The van der Waals surface area contributed by atoms with E-state index in [-0.39, 0.29) is 18.1 Å². The summed E-state index contributed by atoms with van der Waals surface area (Å²) in [6.45, 7) is 2.08. The van der Waals surface area contributed by atoms with Crippen LogP contribution in [0.3, 0.4) is 0 Å². The zero-order valence-electron chi connectivity index (χ0n) is 11.1. The smallest absolute Gasteiger partial charge is 0.321 e. The van der Waals surface area contributed by atoms with Crippen LogP contribution in [0.2, 0.25) is 0 Å². The van der Waals surface area contributed by atoms with Gasteiger partial charge in [-0.2, -0.15) is 0 Å². The molecule has 0 aliphatic rings. The Morgan fingerprint density at radius 2 is 2.20 bits per heavy atom. The number of amides is 3. The first-order valence-electron chi connectivity index (χ1n) is 5.79. The van der Waals surface area contributed by atoms with Crippen molar-refractivity contribution >= 4 is 41.0 Å². The lowest BCUT2D eigenvalue weighted by Gasteiger charge is -2.01. The van der Waals surface area contributed by atoms with E-state index >= 15 is 0 Å². The molecule has 1 rings (SSSR count). The summed E-state index contributed by atoms with van der Waals surface area (Å²) >= 11 is 2.55. The number of nitrogens with zero attached hydrogens (tertiary/aromatic N) is 1. The molecule has 0 atom stereocenters. The maximum absolute atomic E-state index is 11.4. The molecule has 0 spiro atoms. The molecule has 9 heteroatoms. The van der Waals surface area contributed by atoms with Crippen molar-refractivity contribution < 1.29 is 19.1 Å². The van der Waals surface area contributed by atoms with Crippen LogP contribution in [0.15, 0.2) is 9.72 Å². The summed E-state index contributed by atoms with van der Waals surface area (Å²) in [6, 6.07) is -0.544. The van der Waals surface area contributed by atoms with Crippen molar-refractivity contribution in [2.75, 3.05) is 19.4 Å². The van der Waals surface area contributed by atoms with E-state index in [4.69, 9.17) is 4.74 Å². The molecule has 110 valence electrons. The quantitative estimate of drug-likeness (QED) is 0.595. The second kappa shape index (κ2) is 8.54. The Balaban J connectivity index is 2.38. The van der Waals surface area contributed by atoms with Crippen LogP contribution in [0.1, 0.15) is 12.6 Å². The SMILES string of the molecule is CCOC(=O)Cc1csc(SCC(=O)NC(=O)NC)n1. The molecule has 3 amide bonds. The summed E-state index contributed by atoms with van der Waals surface area (Å²) in [5.41, 5.74) is 0.614. The fourth-order valence-corrected chi connectivity index (χ4v) is 2.79. The molecule has 0 bridgehead atoms. The van der Waals surface area contributed by atoms with Crippen LogP contribution in [0.4, 0.5) is 4.79 Å². The molecule has 0 unspecified atom stereocenters. The largest absolute Gasteiger partial charge is 0.466 e. The molecule has 2 N–H and O–H groups in total. The van der Waals surface area contributed by atoms with E-state index in [1.807, 2.05) is 0 Å². The van der Waals surface area contributed by atoms with Gasteiger partial charge in [-0.25, -0.2) is 9.78 Å². The summed E-state index contributed by atoms with van der Waals surface area (Å²) in [5.74, 6) is -0.650. The molecule has 0 aromatic carbocycles. The number of carbonyl (C=O) groups is 3. The zero-order chi connectivity index (χ0) is 15.0. The Bertz CT molecular complexity index is 490. The van der Waals surface area contributed by atoms with Crippen LogP contribution >= 0.6 is 23.1 Å². The summed E-state index contributed by atoms with van der Waals surface area (Å²) in [7, 11) is 1.43. The number of hydrogen-bond acceptors (Lipinski definition) is 7. The predicted octanol–water partition coefficient (Wildman–Crippen LogP) is 0.796. The lowest BCUT2D eigenvalue weighted by atomic mass is 10.3. The third kappa shape index (κ3) is 6.02. The van der Waals surface area contributed by atoms with Crippen LogP contribution < -0.4 is 10.6 Å². The molecule has 0 aliphatic heterocycles. The number of carbonyl (C=O) groups excluding carboxylic acids is 3. The van der Waals surface area contributed by atoms with Gasteiger partial charge in [-0.15, -0.1) is 11.3 Å². The first kappa shape index (κ1) is 16.4. The second-order valence-electron chi connectivity index (χ2n) is 3.50. The zero-order valence-corrected chi connectivity index (χ0v) is 12.7. The molecule has 20 heavy (non-hydrogen) atoms. The highest BCUT2D eigenvalue weighted by molar-refractivity contribution is 8.01. The van der Waals surface area contributed by atoms with Gasteiger partial charge < -0.3 is 10.1 Å². The maximum Gasteiger partial charge on any atom is 0.321 e. The number of thiazole rings is 1. The molecule has 0 radical (unpaired) electrons. The van der Waals surface area contributed by atoms with Crippen LogP contribution in [-0.4, -0.2) is 42.3 Å². The number of esters is 1. The van der Waals surface area contributed by atoms with Gasteiger partial charge in [0.1, 0.15) is 0 Å². The van der Waals surface area contributed by atoms with Gasteiger partial charge in [0.05, 0.1) is 24.5 Å². The Morgan fingerprint density at radius 1 is 1.45 bits per heavy atom. The van der Waals surface area contributed by atoms with Crippen molar-refractivity contribution in [1.29, 1.82) is 0 Å². The number of urea groups is 1. The fourth-order valence-electron chi connectivity index (χ4n) is 1.15. The van der Waals surface area contributed by atoms with E-state index in [9.17, 15) is 14.4 Å². The van der Waals surface area contributed by atoms with Gasteiger partial charge >= 0.3 is 12.0 Å². The molecular weight excluding hydrogens is 302 g/mol. The highest BCUT2D eigenvalue weighted by Crippen LogP contribution is 2.22. The van der Waals surface area contributed by atoms with Crippen molar-refractivity contribution in [3.8, 4) is 0 Å². The lowest BCUT2D eigenvalue weighted by Crippen LogP contribution is -2.38. The third-order valence-corrected chi connectivity index (χ3v) is 4.04. The molecule has 1 aromatic heterocycles.